The van der Waals surface area contributed by atoms with E-state index in [9.17, 15) is 19.2 Å². The van der Waals surface area contributed by atoms with Gasteiger partial charge in [-0.25, -0.2) is 4.79 Å². The maximum absolute atomic E-state index is 13.3. The minimum absolute atomic E-state index is 0.0284. The van der Waals surface area contributed by atoms with Gasteiger partial charge in [0.1, 0.15) is 17.0 Å². The molecule has 1 aliphatic rings. The number of ether oxygens (including phenoxy) is 2. The number of aryl methyl sites for hydroxylation is 1. The van der Waals surface area contributed by atoms with Gasteiger partial charge in [-0.3, -0.25) is 14.4 Å². The van der Waals surface area contributed by atoms with Crippen molar-refractivity contribution >= 4 is 34.4 Å². The fourth-order valence-corrected chi connectivity index (χ4v) is 3.68. The van der Waals surface area contributed by atoms with Crippen LogP contribution in [0.1, 0.15) is 49.3 Å². The summed E-state index contributed by atoms with van der Waals surface area (Å²) >= 11 is 0. The van der Waals surface area contributed by atoms with Gasteiger partial charge >= 0.3 is 11.9 Å². The van der Waals surface area contributed by atoms with Gasteiger partial charge in [-0.1, -0.05) is 24.3 Å². The highest BCUT2D eigenvalue weighted by Gasteiger charge is 2.37. The lowest BCUT2D eigenvalue weighted by Crippen LogP contribution is -2.22. The van der Waals surface area contributed by atoms with E-state index in [-0.39, 0.29) is 45.1 Å². The minimum Gasteiger partial charge on any atom is -0.465 e. The standard InChI is InChI=1S/C21H15NO6/c1-10(23)28-14-9-8-13-15(16(14)21(26)27-3)17-18(22(13)2)20(25)12-7-5-4-6-11(12)19(17)24/h4-9H,1-3H3. The lowest BCUT2D eigenvalue weighted by atomic mass is 9.86. The van der Waals surface area contributed by atoms with Crippen LogP contribution in [0.5, 0.6) is 5.75 Å². The van der Waals surface area contributed by atoms with Gasteiger partial charge in [0.15, 0.2) is 5.78 Å². The molecule has 0 radical (unpaired) electrons. The molecule has 7 nitrogen and oxygen atoms in total. The number of methoxy groups -OCH3 is 1. The molecule has 0 atom stereocenters. The number of carbonyl (C=O) groups is 4. The Bertz CT molecular complexity index is 1220. The van der Waals surface area contributed by atoms with Crippen LogP contribution < -0.4 is 4.74 Å². The van der Waals surface area contributed by atoms with Crippen molar-refractivity contribution in [1.82, 2.24) is 4.57 Å². The average Bonchev–Trinajstić information content (AvgIpc) is 2.98. The molecule has 4 rings (SSSR count). The minimum atomic E-state index is -0.769. The van der Waals surface area contributed by atoms with Crippen LogP contribution >= 0.6 is 0 Å². The predicted octanol–water partition coefficient (Wildman–Crippen LogP) is 2.67. The summed E-state index contributed by atoms with van der Waals surface area (Å²) in [6.07, 6.45) is 0. The number of aromatic nitrogens is 1. The first-order chi connectivity index (χ1) is 13.4. The molecule has 3 aromatic rings. The normalized spacial score (nSPS) is 12.5. The zero-order valence-corrected chi connectivity index (χ0v) is 15.4. The number of hydrogen-bond donors (Lipinski definition) is 0. The number of benzene rings is 2. The topological polar surface area (TPSA) is 91.7 Å². The van der Waals surface area contributed by atoms with Gasteiger partial charge in [-0.15, -0.1) is 0 Å². The van der Waals surface area contributed by atoms with Crippen molar-refractivity contribution in [2.24, 2.45) is 7.05 Å². The molecule has 0 spiro atoms. The molecule has 0 N–H and O–H groups in total. The highest BCUT2D eigenvalue weighted by atomic mass is 16.5. The first-order valence-corrected chi connectivity index (χ1v) is 8.47. The molecule has 0 saturated carbocycles. The van der Waals surface area contributed by atoms with Gasteiger partial charge in [0.05, 0.1) is 18.2 Å². The van der Waals surface area contributed by atoms with Crippen molar-refractivity contribution in [3.8, 4) is 5.75 Å². The Morgan fingerprint density at radius 3 is 2.21 bits per heavy atom. The summed E-state index contributed by atoms with van der Waals surface area (Å²) in [6, 6.07) is 9.59. The molecule has 0 fully saturated rings. The maximum atomic E-state index is 13.3. The third kappa shape index (κ3) is 2.29. The van der Waals surface area contributed by atoms with E-state index in [1.54, 1.807) is 41.9 Å². The van der Waals surface area contributed by atoms with Crippen LogP contribution in [-0.2, 0) is 16.6 Å². The Hall–Kier alpha value is -3.74. The monoisotopic (exact) mass is 377 g/mol. The van der Waals surface area contributed by atoms with Crippen molar-refractivity contribution in [3.05, 3.63) is 64.3 Å². The van der Waals surface area contributed by atoms with E-state index in [0.29, 0.717) is 11.1 Å². The van der Waals surface area contributed by atoms with Crippen LogP contribution in [-0.4, -0.2) is 35.2 Å². The Balaban J connectivity index is 2.15. The number of carbonyl (C=O) groups excluding carboxylic acids is 4. The average molecular weight is 377 g/mol. The molecular weight excluding hydrogens is 362 g/mol. The van der Waals surface area contributed by atoms with Crippen LogP contribution in [0.25, 0.3) is 10.9 Å². The molecule has 2 aromatic carbocycles. The Labute approximate surface area is 159 Å². The molecule has 140 valence electrons. The largest absolute Gasteiger partial charge is 0.465 e. The lowest BCUT2D eigenvalue weighted by molar-refractivity contribution is -0.131. The van der Waals surface area contributed by atoms with Gasteiger partial charge < -0.3 is 14.0 Å². The van der Waals surface area contributed by atoms with Crippen molar-refractivity contribution < 1.29 is 28.7 Å². The number of hydrogen-bond acceptors (Lipinski definition) is 6. The zero-order chi connectivity index (χ0) is 20.2. The second-order valence-electron chi connectivity index (χ2n) is 6.40. The molecular formula is C21H15NO6. The van der Waals surface area contributed by atoms with Crippen molar-refractivity contribution in [2.75, 3.05) is 7.11 Å². The number of rotatable bonds is 2. The maximum Gasteiger partial charge on any atom is 0.342 e. The second kappa shape index (κ2) is 6.16. The second-order valence-corrected chi connectivity index (χ2v) is 6.40. The molecule has 7 heteroatoms. The Morgan fingerprint density at radius 1 is 0.964 bits per heavy atom. The number of nitrogens with zero attached hydrogens (tertiary/aromatic N) is 1. The number of esters is 2. The van der Waals surface area contributed by atoms with Crippen molar-refractivity contribution in [1.29, 1.82) is 0 Å². The quantitative estimate of drug-likeness (QED) is 0.394. The third-order valence-electron chi connectivity index (χ3n) is 4.83. The Morgan fingerprint density at radius 2 is 1.61 bits per heavy atom. The van der Waals surface area contributed by atoms with Crippen LogP contribution in [0.15, 0.2) is 36.4 Å². The van der Waals surface area contributed by atoms with Crippen LogP contribution in [0.2, 0.25) is 0 Å². The van der Waals surface area contributed by atoms with Crippen LogP contribution in [0.4, 0.5) is 0 Å². The Kier molecular flexibility index (Phi) is 3.88. The summed E-state index contributed by atoms with van der Waals surface area (Å²) in [5.74, 6) is -2.11. The van der Waals surface area contributed by atoms with Gasteiger partial charge in [-0.05, 0) is 12.1 Å². The first kappa shape index (κ1) is 17.7. The summed E-state index contributed by atoms with van der Waals surface area (Å²) < 4.78 is 11.6. The molecule has 28 heavy (non-hydrogen) atoms. The van der Waals surface area contributed by atoms with Crippen LogP contribution in [0.3, 0.4) is 0 Å². The first-order valence-electron chi connectivity index (χ1n) is 8.47. The molecule has 0 unspecified atom stereocenters. The summed E-state index contributed by atoms with van der Waals surface area (Å²) in [4.78, 5) is 50.4. The SMILES string of the molecule is COC(=O)c1c(OC(C)=O)ccc2c1c1c(n2C)C(=O)c2ccccc2C1=O. The van der Waals surface area contributed by atoms with E-state index in [4.69, 9.17) is 9.47 Å². The van der Waals surface area contributed by atoms with Crippen molar-refractivity contribution in [2.45, 2.75) is 6.92 Å². The molecule has 1 aliphatic carbocycles. The molecule has 0 bridgehead atoms. The smallest absolute Gasteiger partial charge is 0.342 e. The van der Waals surface area contributed by atoms with Crippen molar-refractivity contribution in [3.63, 3.8) is 0 Å². The summed E-state index contributed by atoms with van der Waals surface area (Å²) in [6.45, 7) is 1.21. The van der Waals surface area contributed by atoms with E-state index >= 15 is 0 Å². The van der Waals surface area contributed by atoms with E-state index in [0.717, 1.165) is 0 Å². The molecule has 1 heterocycles. The zero-order valence-electron chi connectivity index (χ0n) is 15.4. The van der Waals surface area contributed by atoms with E-state index < -0.39 is 11.9 Å². The van der Waals surface area contributed by atoms with Gasteiger partial charge in [0.25, 0.3) is 0 Å². The molecule has 1 aromatic heterocycles. The fraction of sp³-hybridized carbons (Fsp3) is 0.143. The van der Waals surface area contributed by atoms with Crippen LogP contribution in [0, 0.1) is 0 Å². The lowest BCUT2D eigenvalue weighted by Gasteiger charge is -2.16. The number of fused-ring (bicyclic) bond motifs is 4. The van der Waals surface area contributed by atoms with E-state index in [2.05, 4.69) is 0 Å². The number of ketones is 2. The van der Waals surface area contributed by atoms with Gasteiger partial charge in [-0.2, -0.15) is 0 Å². The molecule has 0 aliphatic heterocycles. The summed E-state index contributed by atoms with van der Waals surface area (Å²) in [7, 11) is 2.84. The fourth-order valence-electron chi connectivity index (χ4n) is 3.68. The highest BCUT2D eigenvalue weighted by Crippen LogP contribution is 2.39. The molecule has 0 amide bonds. The van der Waals surface area contributed by atoms with E-state index in [1.807, 2.05) is 0 Å². The highest BCUT2D eigenvalue weighted by molar-refractivity contribution is 6.33. The summed E-state index contributed by atoms with van der Waals surface area (Å²) in [5.41, 5.74) is 1.29. The predicted molar refractivity (Wildman–Crippen MR) is 98.9 cm³/mol. The van der Waals surface area contributed by atoms with Gasteiger partial charge in [0.2, 0.25) is 5.78 Å². The molecule has 0 saturated heterocycles. The summed E-state index contributed by atoms with van der Waals surface area (Å²) in [5, 5.41) is 0.232. The van der Waals surface area contributed by atoms with E-state index in [1.165, 1.54) is 20.1 Å². The van der Waals surface area contributed by atoms with Gasteiger partial charge in [0, 0.05) is 30.5 Å². The third-order valence-corrected chi connectivity index (χ3v) is 4.83.